The predicted octanol–water partition coefficient (Wildman–Crippen LogP) is 3.98. The van der Waals surface area contributed by atoms with E-state index < -0.39 is 0 Å². The highest BCUT2D eigenvalue weighted by Gasteiger charge is 2.19. The number of nitrogens with one attached hydrogen (secondary N) is 1. The summed E-state index contributed by atoms with van der Waals surface area (Å²) in [5.74, 6) is -0.221. The molecule has 0 spiro atoms. The van der Waals surface area contributed by atoms with E-state index in [1.54, 1.807) is 0 Å². The number of hydrogen-bond donors (Lipinski definition) is 2. The van der Waals surface area contributed by atoms with Crippen LogP contribution in [0.2, 0.25) is 5.02 Å². The molecule has 0 aliphatic rings. The zero-order valence-electron chi connectivity index (χ0n) is 11.2. The molecule has 0 bridgehead atoms. The summed E-state index contributed by atoms with van der Waals surface area (Å²) in [6, 6.07) is 4.35. The average Bonchev–Trinajstić information content (AvgIpc) is 2.36. The molecule has 19 heavy (non-hydrogen) atoms. The maximum absolute atomic E-state index is 12.0. The van der Waals surface area contributed by atoms with E-state index in [9.17, 15) is 9.90 Å². The van der Waals surface area contributed by atoms with Crippen molar-refractivity contribution >= 4 is 33.4 Å². The van der Waals surface area contributed by atoms with Crippen molar-refractivity contribution in [3.63, 3.8) is 0 Å². The van der Waals surface area contributed by atoms with Crippen LogP contribution >= 0.6 is 27.5 Å². The van der Waals surface area contributed by atoms with Crippen molar-refractivity contribution in [2.24, 2.45) is 5.41 Å². The summed E-state index contributed by atoms with van der Waals surface area (Å²) in [7, 11) is 0. The zero-order chi connectivity index (χ0) is 14.5. The third kappa shape index (κ3) is 5.41. The Morgan fingerprint density at radius 2 is 2.16 bits per heavy atom. The van der Waals surface area contributed by atoms with E-state index in [4.69, 9.17) is 11.6 Å². The highest BCUT2D eigenvalue weighted by molar-refractivity contribution is 9.09. The number of phenolic OH excluding ortho intramolecular Hbond substituents is 1. The summed E-state index contributed by atoms with van der Waals surface area (Å²) >= 11 is 9.35. The Labute approximate surface area is 127 Å². The Kier molecular flexibility index (Phi) is 6.14. The number of phenols is 1. The van der Waals surface area contributed by atoms with Crippen molar-refractivity contribution in [1.29, 1.82) is 0 Å². The third-order valence-corrected chi connectivity index (χ3v) is 3.80. The normalized spacial score (nSPS) is 11.4. The van der Waals surface area contributed by atoms with E-state index in [1.165, 1.54) is 18.2 Å². The number of alkyl halides is 1. The van der Waals surface area contributed by atoms with E-state index in [1.807, 2.05) is 0 Å². The maximum atomic E-state index is 12.0. The molecule has 0 atom stereocenters. The Morgan fingerprint density at radius 1 is 1.47 bits per heavy atom. The molecule has 0 unspecified atom stereocenters. The number of rotatable bonds is 6. The number of hydrogen-bond acceptors (Lipinski definition) is 2. The maximum Gasteiger partial charge on any atom is 0.252 e. The fourth-order valence-corrected chi connectivity index (χ4v) is 2.22. The molecule has 106 valence electrons. The first-order chi connectivity index (χ1) is 8.85. The summed E-state index contributed by atoms with van der Waals surface area (Å²) < 4.78 is 0. The fourth-order valence-electron chi connectivity index (χ4n) is 1.74. The van der Waals surface area contributed by atoms with Gasteiger partial charge in [0.05, 0.1) is 10.6 Å². The molecule has 2 N–H and O–H groups in total. The van der Waals surface area contributed by atoms with Crippen molar-refractivity contribution in [3.8, 4) is 5.75 Å². The first-order valence-electron chi connectivity index (χ1n) is 6.18. The van der Waals surface area contributed by atoms with Crippen molar-refractivity contribution in [3.05, 3.63) is 28.8 Å². The van der Waals surface area contributed by atoms with E-state index in [2.05, 4.69) is 35.1 Å². The van der Waals surface area contributed by atoms with Gasteiger partial charge in [0.1, 0.15) is 5.75 Å². The highest BCUT2D eigenvalue weighted by atomic mass is 79.9. The molecule has 0 aliphatic carbocycles. The van der Waals surface area contributed by atoms with Gasteiger partial charge < -0.3 is 10.4 Å². The van der Waals surface area contributed by atoms with Crippen LogP contribution in [-0.2, 0) is 0 Å². The summed E-state index contributed by atoms with van der Waals surface area (Å²) in [6.45, 7) is 4.80. The second kappa shape index (κ2) is 7.15. The second-order valence-corrected chi connectivity index (χ2v) is 6.50. The summed E-state index contributed by atoms with van der Waals surface area (Å²) in [5.41, 5.74) is 0.338. The van der Waals surface area contributed by atoms with E-state index in [-0.39, 0.29) is 17.1 Å². The van der Waals surface area contributed by atoms with Gasteiger partial charge in [0.2, 0.25) is 0 Å². The molecular weight excluding hydrogens is 330 g/mol. The standard InChI is InChI=1S/C14H19BrClNO2/c1-14(2,6-3-7-15)9-17-13(19)11-8-10(18)4-5-12(11)16/h4-5,8,18H,3,6-7,9H2,1-2H3,(H,17,19). The second-order valence-electron chi connectivity index (χ2n) is 5.30. The lowest BCUT2D eigenvalue weighted by atomic mass is 9.88. The van der Waals surface area contributed by atoms with Crippen molar-refractivity contribution < 1.29 is 9.90 Å². The number of halogens is 2. The zero-order valence-corrected chi connectivity index (χ0v) is 13.5. The number of amides is 1. The number of benzene rings is 1. The lowest BCUT2D eigenvalue weighted by Crippen LogP contribution is -2.34. The van der Waals surface area contributed by atoms with Gasteiger partial charge in [-0.15, -0.1) is 0 Å². The summed E-state index contributed by atoms with van der Waals surface area (Å²) in [4.78, 5) is 12.0. The molecule has 0 aliphatic heterocycles. The first-order valence-corrected chi connectivity index (χ1v) is 7.68. The van der Waals surface area contributed by atoms with Gasteiger partial charge in [-0.05, 0) is 36.5 Å². The summed E-state index contributed by atoms with van der Waals surface area (Å²) in [6.07, 6.45) is 2.09. The van der Waals surface area contributed by atoms with Gasteiger partial charge in [0, 0.05) is 11.9 Å². The molecular formula is C14H19BrClNO2. The van der Waals surface area contributed by atoms with Gasteiger partial charge in [0.25, 0.3) is 5.91 Å². The van der Waals surface area contributed by atoms with Gasteiger partial charge in [-0.2, -0.15) is 0 Å². The van der Waals surface area contributed by atoms with E-state index in [0.29, 0.717) is 17.1 Å². The molecule has 0 heterocycles. The molecule has 1 amide bonds. The minimum atomic E-state index is -0.257. The molecule has 0 radical (unpaired) electrons. The van der Waals surface area contributed by atoms with Crippen LogP contribution < -0.4 is 5.32 Å². The lowest BCUT2D eigenvalue weighted by molar-refractivity contribution is 0.0934. The number of carbonyl (C=O) groups is 1. The minimum absolute atomic E-state index is 0.0345. The predicted molar refractivity (Wildman–Crippen MR) is 82.3 cm³/mol. The Morgan fingerprint density at radius 3 is 2.79 bits per heavy atom. The molecule has 0 fully saturated rings. The van der Waals surface area contributed by atoms with Crippen LogP contribution in [0.25, 0.3) is 0 Å². The van der Waals surface area contributed by atoms with Crippen LogP contribution in [0, 0.1) is 5.41 Å². The van der Waals surface area contributed by atoms with Gasteiger partial charge >= 0.3 is 0 Å². The Hall–Kier alpha value is -0.740. The molecule has 0 saturated carbocycles. The van der Waals surface area contributed by atoms with Crippen LogP contribution in [0.1, 0.15) is 37.0 Å². The minimum Gasteiger partial charge on any atom is -0.508 e. The molecule has 5 heteroatoms. The van der Waals surface area contributed by atoms with Crippen molar-refractivity contribution in [1.82, 2.24) is 5.32 Å². The Bertz CT molecular complexity index is 449. The van der Waals surface area contributed by atoms with Crippen molar-refractivity contribution in [2.75, 3.05) is 11.9 Å². The van der Waals surface area contributed by atoms with Gasteiger partial charge in [0.15, 0.2) is 0 Å². The molecule has 1 aromatic carbocycles. The van der Waals surface area contributed by atoms with Gasteiger partial charge in [-0.3, -0.25) is 4.79 Å². The number of carbonyl (C=O) groups excluding carboxylic acids is 1. The topological polar surface area (TPSA) is 49.3 Å². The summed E-state index contributed by atoms with van der Waals surface area (Å²) in [5, 5.41) is 13.6. The third-order valence-electron chi connectivity index (χ3n) is 2.91. The SMILES string of the molecule is CC(C)(CCCBr)CNC(=O)c1cc(O)ccc1Cl. The molecule has 0 aromatic heterocycles. The van der Waals surface area contributed by atoms with Gasteiger partial charge in [-0.25, -0.2) is 0 Å². The van der Waals surface area contributed by atoms with E-state index in [0.717, 1.165) is 18.2 Å². The molecule has 1 aromatic rings. The van der Waals surface area contributed by atoms with Gasteiger partial charge in [-0.1, -0.05) is 41.4 Å². The van der Waals surface area contributed by atoms with E-state index >= 15 is 0 Å². The number of aromatic hydroxyl groups is 1. The van der Waals surface area contributed by atoms with Crippen LogP contribution in [0.15, 0.2) is 18.2 Å². The lowest BCUT2D eigenvalue weighted by Gasteiger charge is -2.24. The van der Waals surface area contributed by atoms with Crippen LogP contribution in [0.4, 0.5) is 0 Å². The van der Waals surface area contributed by atoms with Crippen LogP contribution in [0.5, 0.6) is 5.75 Å². The van der Waals surface area contributed by atoms with Crippen LogP contribution in [-0.4, -0.2) is 22.9 Å². The average molecular weight is 349 g/mol. The smallest absolute Gasteiger partial charge is 0.252 e. The quantitative estimate of drug-likeness (QED) is 0.764. The monoisotopic (exact) mass is 347 g/mol. The molecule has 0 saturated heterocycles. The Balaban J connectivity index is 2.62. The highest BCUT2D eigenvalue weighted by Crippen LogP contribution is 2.23. The van der Waals surface area contributed by atoms with Crippen molar-refractivity contribution in [2.45, 2.75) is 26.7 Å². The molecule has 1 rings (SSSR count). The fraction of sp³-hybridized carbons (Fsp3) is 0.500. The molecule has 3 nitrogen and oxygen atoms in total. The first kappa shape index (κ1) is 16.3. The largest absolute Gasteiger partial charge is 0.508 e. The van der Waals surface area contributed by atoms with Crippen LogP contribution in [0.3, 0.4) is 0 Å².